The Morgan fingerprint density at radius 2 is 1.90 bits per heavy atom. The Balaban J connectivity index is 2.24. The van der Waals surface area contributed by atoms with Crippen LogP contribution in [0.2, 0.25) is 10.0 Å². The smallest absolute Gasteiger partial charge is 0.0454 e. The van der Waals surface area contributed by atoms with Crippen molar-refractivity contribution in [3.05, 3.63) is 63.9 Å². The molecule has 1 unspecified atom stereocenters. The van der Waals surface area contributed by atoms with Crippen LogP contribution in [0, 0.1) is 0 Å². The summed E-state index contributed by atoms with van der Waals surface area (Å²) in [5, 5.41) is 5.00. The lowest BCUT2D eigenvalue weighted by Crippen LogP contribution is -2.24. The van der Waals surface area contributed by atoms with E-state index < -0.39 is 0 Å². The lowest BCUT2D eigenvalue weighted by Gasteiger charge is -2.20. The highest BCUT2D eigenvalue weighted by atomic mass is 35.5. The molecule has 0 bridgehead atoms. The highest BCUT2D eigenvalue weighted by molar-refractivity contribution is 6.33. The van der Waals surface area contributed by atoms with E-state index in [0.29, 0.717) is 5.02 Å². The lowest BCUT2D eigenvalue weighted by molar-refractivity contribution is 0.529. The van der Waals surface area contributed by atoms with Gasteiger partial charge in [0, 0.05) is 28.5 Å². The van der Waals surface area contributed by atoms with Gasteiger partial charge < -0.3 is 5.32 Å². The predicted octanol–water partition coefficient (Wildman–Crippen LogP) is 4.67. The first-order chi connectivity index (χ1) is 9.70. The summed E-state index contributed by atoms with van der Waals surface area (Å²) in [5.41, 5.74) is 2.27. The van der Waals surface area contributed by atoms with E-state index in [1.54, 1.807) is 0 Å². The summed E-state index contributed by atoms with van der Waals surface area (Å²) in [7, 11) is 0. The molecule has 106 valence electrons. The van der Waals surface area contributed by atoms with Crippen molar-refractivity contribution in [2.24, 2.45) is 0 Å². The zero-order chi connectivity index (χ0) is 14.4. The van der Waals surface area contributed by atoms with Crippen molar-refractivity contribution in [3.63, 3.8) is 0 Å². The fraction of sp³-hybridized carbons (Fsp3) is 0.312. The van der Waals surface area contributed by atoms with Gasteiger partial charge in [-0.2, -0.15) is 0 Å². The minimum atomic E-state index is 0.156. The summed E-state index contributed by atoms with van der Waals surface area (Å²) in [5.74, 6) is 0. The van der Waals surface area contributed by atoms with Crippen LogP contribution in [0.15, 0.2) is 42.7 Å². The molecule has 2 nitrogen and oxygen atoms in total. The molecule has 1 aromatic carbocycles. The first kappa shape index (κ1) is 15.3. The fourth-order valence-corrected chi connectivity index (χ4v) is 2.58. The second-order valence-electron chi connectivity index (χ2n) is 4.73. The van der Waals surface area contributed by atoms with Gasteiger partial charge in [0.1, 0.15) is 0 Å². The van der Waals surface area contributed by atoms with Gasteiger partial charge in [0.25, 0.3) is 0 Å². The highest BCUT2D eigenvalue weighted by Crippen LogP contribution is 2.28. The van der Waals surface area contributed by atoms with Crippen molar-refractivity contribution in [3.8, 4) is 0 Å². The molecule has 2 rings (SSSR count). The minimum Gasteiger partial charge on any atom is -0.310 e. The normalized spacial score (nSPS) is 12.3. The number of pyridine rings is 1. The van der Waals surface area contributed by atoms with Gasteiger partial charge in [-0.05, 0) is 60.8 Å². The lowest BCUT2D eigenvalue weighted by atomic mass is 9.99. The summed E-state index contributed by atoms with van der Waals surface area (Å²) in [6, 6.07) is 9.82. The third-order valence-corrected chi connectivity index (χ3v) is 3.74. The molecule has 0 radical (unpaired) electrons. The summed E-state index contributed by atoms with van der Waals surface area (Å²) < 4.78 is 0. The van der Waals surface area contributed by atoms with Crippen molar-refractivity contribution in [2.75, 3.05) is 6.54 Å². The van der Waals surface area contributed by atoms with Crippen LogP contribution in [0.3, 0.4) is 0 Å². The highest BCUT2D eigenvalue weighted by Gasteiger charge is 2.15. The van der Waals surface area contributed by atoms with Crippen LogP contribution in [0.5, 0.6) is 0 Å². The van der Waals surface area contributed by atoms with E-state index in [2.05, 4.69) is 17.2 Å². The molecule has 1 aromatic heterocycles. The first-order valence-corrected chi connectivity index (χ1v) is 7.53. The number of nitrogens with zero attached hydrogens (tertiary/aromatic N) is 1. The molecule has 0 spiro atoms. The fourth-order valence-electron chi connectivity index (χ4n) is 2.15. The molecular formula is C16H18Cl2N2. The summed E-state index contributed by atoms with van der Waals surface area (Å²) in [4.78, 5) is 4.05. The molecule has 0 aliphatic heterocycles. The number of nitrogens with one attached hydrogen (secondary N) is 1. The molecule has 0 aliphatic rings. The Labute approximate surface area is 130 Å². The maximum absolute atomic E-state index is 6.33. The standard InChI is InChI=1S/C16H18Cl2N2/c1-2-7-20-16(10-12-5-8-19-9-6-12)14-11-13(17)3-4-15(14)18/h3-6,8-9,11,16,20H,2,7,10H2,1H3. The summed E-state index contributed by atoms with van der Waals surface area (Å²) in [6.07, 6.45) is 5.56. The van der Waals surface area contributed by atoms with Gasteiger partial charge >= 0.3 is 0 Å². The minimum absolute atomic E-state index is 0.156. The van der Waals surface area contributed by atoms with Gasteiger partial charge in [-0.15, -0.1) is 0 Å². The SMILES string of the molecule is CCCNC(Cc1ccncc1)c1cc(Cl)ccc1Cl. The molecule has 0 saturated carbocycles. The third kappa shape index (κ3) is 4.20. The molecule has 20 heavy (non-hydrogen) atoms. The second kappa shape index (κ2) is 7.63. The van der Waals surface area contributed by atoms with Crippen LogP contribution in [-0.2, 0) is 6.42 Å². The van der Waals surface area contributed by atoms with E-state index in [-0.39, 0.29) is 6.04 Å². The van der Waals surface area contributed by atoms with Gasteiger partial charge in [-0.1, -0.05) is 30.1 Å². The van der Waals surface area contributed by atoms with Crippen molar-refractivity contribution in [1.82, 2.24) is 10.3 Å². The van der Waals surface area contributed by atoms with Gasteiger partial charge in [0.05, 0.1) is 0 Å². The second-order valence-corrected chi connectivity index (χ2v) is 5.58. The zero-order valence-electron chi connectivity index (χ0n) is 11.4. The molecule has 4 heteroatoms. The third-order valence-electron chi connectivity index (χ3n) is 3.16. The van der Waals surface area contributed by atoms with Crippen LogP contribution < -0.4 is 5.32 Å². The van der Waals surface area contributed by atoms with Crippen LogP contribution >= 0.6 is 23.2 Å². The molecule has 2 aromatic rings. The molecule has 0 saturated heterocycles. The Bertz CT molecular complexity index is 543. The number of benzene rings is 1. The van der Waals surface area contributed by atoms with E-state index in [9.17, 15) is 0 Å². The van der Waals surface area contributed by atoms with Crippen LogP contribution in [0.25, 0.3) is 0 Å². The molecule has 0 amide bonds. The predicted molar refractivity (Wildman–Crippen MR) is 85.4 cm³/mol. The van der Waals surface area contributed by atoms with Crippen LogP contribution in [0.4, 0.5) is 0 Å². The Kier molecular flexibility index (Phi) is 5.84. The molecule has 1 atom stereocenters. The Morgan fingerprint density at radius 1 is 1.15 bits per heavy atom. The van der Waals surface area contributed by atoms with E-state index in [1.165, 1.54) is 5.56 Å². The molecule has 0 aliphatic carbocycles. The van der Waals surface area contributed by atoms with Gasteiger partial charge in [-0.3, -0.25) is 4.98 Å². The number of rotatable bonds is 6. The first-order valence-electron chi connectivity index (χ1n) is 6.78. The quantitative estimate of drug-likeness (QED) is 0.838. The van der Waals surface area contributed by atoms with E-state index in [0.717, 1.165) is 30.0 Å². The zero-order valence-corrected chi connectivity index (χ0v) is 13.0. The Morgan fingerprint density at radius 3 is 2.60 bits per heavy atom. The average Bonchev–Trinajstić information content (AvgIpc) is 2.47. The number of hydrogen-bond acceptors (Lipinski definition) is 2. The van der Waals surface area contributed by atoms with Gasteiger partial charge in [0.15, 0.2) is 0 Å². The summed E-state index contributed by atoms with van der Waals surface area (Å²) in [6.45, 7) is 3.09. The number of halogens is 2. The van der Waals surface area contributed by atoms with Crippen molar-refractivity contribution in [1.29, 1.82) is 0 Å². The van der Waals surface area contributed by atoms with Crippen LogP contribution in [-0.4, -0.2) is 11.5 Å². The van der Waals surface area contributed by atoms with Crippen molar-refractivity contribution < 1.29 is 0 Å². The number of aromatic nitrogens is 1. The number of hydrogen-bond donors (Lipinski definition) is 1. The summed E-state index contributed by atoms with van der Waals surface area (Å²) >= 11 is 12.4. The van der Waals surface area contributed by atoms with Crippen molar-refractivity contribution >= 4 is 23.2 Å². The maximum atomic E-state index is 6.33. The van der Waals surface area contributed by atoms with Gasteiger partial charge in [0.2, 0.25) is 0 Å². The van der Waals surface area contributed by atoms with Crippen molar-refractivity contribution in [2.45, 2.75) is 25.8 Å². The molecule has 1 N–H and O–H groups in total. The van der Waals surface area contributed by atoms with E-state index in [4.69, 9.17) is 23.2 Å². The maximum Gasteiger partial charge on any atom is 0.0454 e. The monoisotopic (exact) mass is 308 g/mol. The van der Waals surface area contributed by atoms with Gasteiger partial charge in [-0.25, -0.2) is 0 Å². The topological polar surface area (TPSA) is 24.9 Å². The van der Waals surface area contributed by atoms with E-state index >= 15 is 0 Å². The largest absolute Gasteiger partial charge is 0.310 e. The Hall–Kier alpha value is -1.09. The van der Waals surface area contributed by atoms with Crippen LogP contribution in [0.1, 0.15) is 30.5 Å². The average molecular weight is 309 g/mol. The molecular weight excluding hydrogens is 291 g/mol. The molecule has 1 heterocycles. The van der Waals surface area contributed by atoms with E-state index in [1.807, 2.05) is 42.7 Å². The molecule has 0 fully saturated rings.